The minimum atomic E-state index is 0.761. The molecule has 0 aliphatic rings. The zero-order chi connectivity index (χ0) is 17.3. The first-order chi connectivity index (χ1) is 12.8. The first-order valence-electron chi connectivity index (χ1n) is 8.75. The Morgan fingerprint density at radius 3 is 2.04 bits per heavy atom. The van der Waals surface area contributed by atoms with Crippen LogP contribution in [0.15, 0.2) is 83.3 Å². The lowest BCUT2D eigenvalue weighted by Gasteiger charge is -2.07. The summed E-state index contributed by atoms with van der Waals surface area (Å²) in [5.74, 6) is 0. The van der Waals surface area contributed by atoms with Crippen LogP contribution in [0.1, 0.15) is 0 Å². The molecule has 1 heterocycles. The zero-order valence-electron chi connectivity index (χ0n) is 14.0. The van der Waals surface area contributed by atoms with Gasteiger partial charge in [0.25, 0.3) is 0 Å². The lowest BCUT2D eigenvalue weighted by atomic mass is 9.87. The number of fused-ring (bicyclic) bond motifs is 9. The molecule has 0 unspecified atom stereocenters. The summed E-state index contributed by atoms with van der Waals surface area (Å²) in [5.41, 5.74) is 2.55. The van der Waals surface area contributed by atoms with E-state index in [4.69, 9.17) is 12.3 Å². The van der Waals surface area contributed by atoms with Gasteiger partial charge in [0.2, 0.25) is 0 Å². The highest BCUT2D eigenvalue weighted by Gasteiger charge is 2.16. The second kappa shape index (κ2) is 4.89. The molecular formula is C24H13BO. The molecule has 2 radical (unpaired) electrons. The van der Waals surface area contributed by atoms with E-state index in [1.807, 2.05) is 12.1 Å². The summed E-state index contributed by atoms with van der Waals surface area (Å²) in [6.45, 7) is 0. The van der Waals surface area contributed by atoms with Crippen molar-refractivity contribution in [3.8, 4) is 0 Å². The molecule has 0 saturated carbocycles. The van der Waals surface area contributed by atoms with Crippen molar-refractivity contribution in [1.82, 2.24) is 0 Å². The van der Waals surface area contributed by atoms with Gasteiger partial charge in [0.1, 0.15) is 19.0 Å². The quantitative estimate of drug-likeness (QED) is 0.252. The van der Waals surface area contributed by atoms with E-state index in [9.17, 15) is 0 Å². The second-order valence-corrected chi connectivity index (χ2v) is 6.82. The average molecular weight is 328 g/mol. The summed E-state index contributed by atoms with van der Waals surface area (Å²) < 4.78 is 6.49. The van der Waals surface area contributed by atoms with Crippen LogP contribution in [0.5, 0.6) is 0 Å². The maximum atomic E-state index is 6.49. The van der Waals surface area contributed by atoms with E-state index < -0.39 is 0 Å². The third kappa shape index (κ3) is 1.71. The van der Waals surface area contributed by atoms with Gasteiger partial charge in [-0.15, -0.1) is 0 Å². The van der Waals surface area contributed by atoms with E-state index in [0.29, 0.717) is 0 Å². The van der Waals surface area contributed by atoms with E-state index in [1.165, 1.54) is 16.2 Å². The monoisotopic (exact) mass is 328 g/mol. The van der Waals surface area contributed by atoms with Gasteiger partial charge in [-0.2, -0.15) is 0 Å². The van der Waals surface area contributed by atoms with E-state index in [0.717, 1.165) is 43.6 Å². The minimum Gasteiger partial charge on any atom is -0.455 e. The molecule has 0 aliphatic carbocycles. The molecule has 0 fully saturated rings. The van der Waals surface area contributed by atoms with Crippen LogP contribution in [0, 0.1) is 0 Å². The fourth-order valence-electron chi connectivity index (χ4n) is 4.19. The number of hydrogen-bond acceptors (Lipinski definition) is 1. The van der Waals surface area contributed by atoms with E-state index in [2.05, 4.69) is 66.7 Å². The summed E-state index contributed by atoms with van der Waals surface area (Å²) in [4.78, 5) is 0. The van der Waals surface area contributed by atoms with Crippen LogP contribution in [-0.4, -0.2) is 7.85 Å². The van der Waals surface area contributed by atoms with Crippen LogP contribution >= 0.6 is 0 Å². The van der Waals surface area contributed by atoms with Crippen molar-refractivity contribution in [2.24, 2.45) is 0 Å². The average Bonchev–Trinajstić information content (AvgIpc) is 3.08. The van der Waals surface area contributed by atoms with Crippen LogP contribution in [-0.2, 0) is 0 Å². The molecule has 0 saturated heterocycles. The van der Waals surface area contributed by atoms with Crippen LogP contribution < -0.4 is 5.46 Å². The normalized spacial score (nSPS) is 12.0. The Morgan fingerprint density at radius 2 is 1.19 bits per heavy atom. The topological polar surface area (TPSA) is 13.1 Å². The summed E-state index contributed by atoms with van der Waals surface area (Å²) in [5, 5.41) is 9.01. The Morgan fingerprint density at radius 1 is 0.538 bits per heavy atom. The van der Waals surface area contributed by atoms with E-state index in [1.54, 1.807) is 0 Å². The smallest absolute Gasteiger partial charge is 0.143 e. The third-order valence-electron chi connectivity index (χ3n) is 5.37. The Hall–Kier alpha value is -3.26. The lowest BCUT2D eigenvalue weighted by Crippen LogP contribution is -2.02. The number of rotatable bonds is 0. The van der Waals surface area contributed by atoms with Crippen LogP contribution in [0.2, 0.25) is 0 Å². The van der Waals surface area contributed by atoms with Crippen molar-refractivity contribution < 1.29 is 4.42 Å². The van der Waals surface area contributed by atoms with Gasteiger partial charge in [-0.3, -0.25) is 0 Å². The summed E-state index contributed by atoms with van der Waals surface area (Å²) in [6, 6.07) is 27.3. The molecule has 1 nitrogen and oxygen atoms in total. The molecule has 1 aromatic heterocycles. The van der Waals surface area contributed by atoms with Gasteiger partial charge in [-0.1, -0.05) is 78.3 Å². The van der Waals surface area contributed by atoms with Gasteiger partial charge in [-0.25, -0.2) is 0 Å². The zero-order valence-corrected chi connectivity index (χ0v) is 14.0. The molecule has 6 rings (SSSR count). The first-order valence-corrected chi connectivity index (χ1v) is 8.75. The van der Waals surface area contributed by atoms with Gasteiger partial charge < -0.3 is 4.42 Å². The molecule has 6 aromatic rings. The predicted octanol–water partition coefficient (Wildman–Crippen LogP) is 5.84. The number of benzene rings is 5. The third-order valence-corrected chi connectivity index (χ3v) is 5.37. The number of furan rings is 1. The summed E-state index contributed by atoms with van der Waals surface area (Å²) >= 11 is 0. The van der Waals surface area contributed by atoms with Crippen molar-refractivity contribution in [2.75, 3.05) is 0 Å². The van der Waals surface area contributed by atoms with E-state index in [-0.39, 0.29) is 0 Å². The predicted molar refractivity (Wildman–Crippen MR) is 112 cm³/mol. The first kappa shape index (κ1) is 14.0. The molecule has 5 aromatic carbocycles. The highest BCUT2D eigenvalue weighted by Crippen LogP contribution is 2.38. The summed E-state index contributed by atoms with van der Waals surface area (Å²) in [7, 11) is 6.46. The van der Waals surface area contributed by atoms with Crippen LogP contribution in [0.3, 0.4) is 0 Å². The van der Waals surface area contributed by atoms with Gasteiger partial charge in [0.15, 0.2) is 0 Å². The van der Waals surface area contributed by atoms with E-state index >= 15 is 0 Å². The Balaban J connectivity index is 1.96. The SMILES string of the molecule is [B]c1cc2ccc3ccccc3c2c2oc3c4ccccc4ccc3c12. The van der Waals surface area contributed by atoms with Gasteiger partial charge >= 0.3 is 0 Å². The highest BCUT2D eigenvalue weighted by atomic mass is 16.3. The molecule has 0 atom stereocenters. The van der Waals surface area contributed by atoms with Gasteiger partial charge in [0, 0.05) is 21.5 Å². The molecular weight excluding hydrogens is 315 g/mol. The molecule has 0 aliphatic heterocycles. The van der Waals surface area contributed by atoms with Crippen LogP contribution in [0.25, 0.3) is 54.3 Å². The molecule has 0 amide bonds. The fourth-order valence-corrected chi connectivity index (χ4v) is 4.19. The van der Waals surface area contributed by atoms with Crippen molar-refractivity contribution in [2.45, 2.75) is 0 Å². The number of hydrogen-bond donors (Lipinski definition) is 0. The van der Waals surface area contributed by atoms with Crippen molar-refractivity contribution in [3.05, 3.63) is 78.9 Å². The maximum Gasteiger partial charge on any atom is 0.143 e. The molecule has 0 N–H and O–H groups in total. The lowest BCUT2D eigenvalue weighted by molar-refractivity contribution is 0.677. The Labute approximate surface area is 151 Å². The van der Waals surface area contributed by atoms with Crippen molar-refractivity contribution >= 4 is 67.6 Å². The van der Waals surface area contributed by atoms with Crippen molar-refractivity contribution in [1.29, 1.82) is 0 Å². The van der Waals surface area contributed by atoms with Gasteiger partial charge in [0.05, 0.1) is 0 Å². The summed E-state index contributed by atoms with van der Waals surface area (Å²) in [6.07, 6.45) is 0. The molecule has 0 bridgehead atoms. The Kier molecular flexibility index (Phi) is 2.63. The standard InChI is InChI=1S/C24H13BO/c25-20-13-16-10-9-14-5-1-3-7-17(14)21(16)24-22(20)19-12-11-15-6-2-4-8-18(15)23(19)26-24/h1-13H. The molecule has 0 spiro atoms. The Bertz CT molecular complexity index is 1490. The van der Waals surface area contributed by atoms with Gasteiger partial charge in [-0.05, 0) is 27.6 Å². The fraction of sp³-hybridized carbons (Fsp3) is 0. The molecule has 118 valence electrons. The maximum absolute atomic E-state index is 6.49. The van der Waals surface area contributed by atoms with Crippen molar-refractivity contribution in [3.63, 3.8) is 0 Å². The highest BCUT2D eigenvalue weighted by molar-refractivity contribution is 6.45. The largest absolute Gasteiger partial charge is 0.455 e. The second-order valence-electron chi connectivity index (χ2n) is 6.82. The molecule has 2 heteroatoms. The minimum absolute atomic E-state index is 0.761. The van der Waals surface area contributed by atoms with Crippen LogP contribution in [0.4, 0.5) is 0 Å². The molecule has 26 heavy (non-hydrogen) atoms.